The van der Waals surface area contributed by atoms with Crippen LogP contribution in [-0.2, 0) is 19.3 Å². The van der Waals surface area contributed by atoms with Crippen molar-refractivity contribution in [2.75, 3.05) is 24.5 Å². The Labute approximate surface area is 174 Å². The molecule has 8 heteroatoms. The second-order valence-electron chi connectivity index (χ2n) is 8.11. The van der Waals surface area contributed by atoms with E-state index in [4.69, 9.17) is 11.6 Å². The molecule has 158 valence electrons. The summed E-state index contributed by atoms with van der Waals surface area (Å²) < 4.78 is 43.4. The van der Waals surface area contributed by atoms with E-state index in [1.54, 1.807) is 4.57 Å². The third-order valence-electron chi connectivity index (χ3n) is 5.82. The molecule has 0 radical (unpaired) electrons. The third kappa shape index (κ3) is 3.99. The van der Waals surface area contributed by atoms with E-state index in [-0.39, 0.29) is 12.2 Å². The standard InChI is InChI=1S/C21H26ClF3N4/c1-14-11-15(2)18(16(22)12-14)29-10-6-9-28-17(13-27-7-4-3-5-8-27)19(21(23,24)25)26-20(28)29/h11-12H,3-10,13H2,1-2H3. The van der Waals surface area contributed by atoms with E-state index < -0.39 is 11.9 Å². The van der Waals surface area contributed by atoms with Crippen LogP contribution in [0.15, 0.2) is 12.1 Å². The highest BCUT2D eigenvalue weighted by Gasteiger charge is 2.41. The first-order valence-corrected chi connectivity index (χ1v) is 10.6. The van der Waals surface area contributed by atoms with Gasteiger partial charge in [-0.1, -0.05) is 24.1 Å². The number of hydrogen-bond donors (Lipinski definition) is 0. The Bertz CT molecular complexity index is 877. The van der Waals surface area contributed by atoms with Gasteiger partial charge in [-0.05, 0) is 63.4 Å². The van der Waals surface area contributed by atoms with Gasteiger partial charge in [0.25, 0.3) is 0 Å². The van der Waals surface area contributed by atoms with Gasteiger partial charge in [0.1, 0.15) is 0 Å². The summed E-state index contributed by atoms with van der Waals surface area (Å²) >= 11 is 6.52. The van der Waals surface area contributed by atoms with Crippen molar-refractivity contribution in [3.8, 4) is 0 Å². The van der Waals surface area contributed by atoms with Gasteiger partial charge in [-0.3, -0.25) is 4.90 Å². The summed E-state index contributed by atoms with van der Waals surface area (Å²) in [5.41, 5.74) is 2.24. The number of nitrogens with zero attached hydrogens (tertiary/aromatic N) is 4. The number of imidazole rings is 1. The van der Waals surface area contributed by atoms with Crippen LogP contribution in [0.3, 0.4) is 0 Å². The van der Waals surface area contributed by atoms with E-state index in [2.05, 4.69) is 9.88 Å². The minimum absolute atomic E-state index is 0.278. The molecule has 0 spiro atoms. The van der Waals surface area contributed by atoms with Gasteiger partial charge in [-0.15, -0.1) is 0 Å². The van der Waals surface area contributed by atoms with Gasteiger partial charge in [0.05, 0.1) is 16.4 Å². The lowest BCUT2D eigenvalue weighted by molar-refractivity contribution is -0.141. The maximum Gasteiger partial charge on any atom is 0.435 e. The van der Waals surface area contributed by atoms with Gasteiger partial charge in [-0.25, -0.2) is 4.98 Å². The number of aryl methyl sites for hydroxylation is 2. The van der Waals surface area contributed by atoms with Crippen molar-refractivity contribution in [3.05, 3.63) is 39.7 Å². The Kier molecular flexibility index (Phi) is 5.55. The first-order chi connectivity index (χ1) is 13.8. The molecule has 29 heavy (non-hydrogen) atoms. The smallest absolute Gasteiger partial charge is 0.312 e. The van der Waals surface area contributed by atoms with E-state index in [0.717, 1.165) is 55.6 Å². The van der Waals surface area contributed by atoms with Crippen molar-refractivity contribution in [1.82, 2.24) is 14.5 Å². The van der Waals surface area contributed by atoms with Crippen molar-refractivity contribution in [2.24, 2.45) is 0 Å². The molecule has 0 bridgehead atoms. The SMILES string of the molecule is Cc1cc(C)c(N2CCCn3c2nc(C(F)(F)F)c3CN2CCCCC2)c(Cl)c1. The van der Waals surface area contributed by atoms with Crippen molar-refractivity contribution in [2.45, 2.75) is 58.8 Å². The Morgan fingerprint density at radius 3 is 2.38 bits per heavy atom. The number of benzene rings is 1. The van der Waals surface area contributed by atoms with Crippen LogP contribution >= 0.6 is 11.6 Å². The number of alkyl halides is 3. The normalized spacial score (nSPS) is 18.2. The van der Waals surface area contributed by atoms with E-state index in [1.807, 2.05) is 30.9 Å². The highest BCUT2D eigenvalue weighted by molar-refractivity contribution is 6.33. The van der Waals surface area contributed by atoms with Gasteiger partial charge in [-0.2, -0.15) is 13.2 Å². The lowest BCUT2D eigenvalue weighted by Crippen LogP contribution is -2.33. The van der Waals surface area contributed by atoms with Crippen LogP contribution in [0.4, 0.5) is 24.8 Å². The largest absolute Gasteiger partial charge is 0.435 e. The van der Waals surface area contributed by atoms with Gasteiger partial charge in [0.2, 0.25) is 5.95 Å². The van der Waals surface area contributed by atoms with E-state index in [0.29, 0.717) is 24.1 Å². The molecule has 0 N–H and O–H groups in total. The Hall–Kier alpha value is -1.73. The lowest BCUT2D eigenvalue weighted by atomic mass is 10.1. The summed E-state index contributed by atoms with van der Waals surface area (Å²) in [4.78, 5) is 8.10. The number of fused-ring (bicyclic) bond motifs is 1. The van der Waals surface area contributed by atoms with Gasteiger partial charge < -0.3 is 9.47 Å². The topological polar surface area (TPSA) is 24.3 Å². The van der Waals surface area contributed by atoms with E-state index in [9.17, 15) is 13.2 Å². The maximum atomic E-state index is 13.9. The molecule has 2 aliphatic rings. The number of hydrogen-bond acceptors (Lipinski definition) is 3. The molecular formula is C21H26ClF3N4. The highest BCUT2D eigenvalue weighted by Crippen LogP contribution is 2.41. The Balaban J connectivity index is 1.80. The number of piperidine rings is 1. The van der Waals surface area contributed by atoms with Crippen LogP contribution < -0.4 is 4.90 Å². The second kappa shape index (κ2) is 7.84. The molecule has 2 aromatic rings. The van der Waals surface area contributed by atoms with Crippen LogP contribution in [-0.4, -0.2) is 34.1 Å². The number of aromatic nitrogens is 2. The molecule has 4 nitrogen and oxygen atoms in total. The zero-order chi connectivity index (χ0) is 20.8. The highest BCUT2D eigenvalue weighted by atomic mass is 35.5. The first-order valence-electron chi connectivity index (χ1n) is 10.2. The molecule has 1 saturated heterocycles. The molecule has 0 atom stereocenters. The van der Waals surface area contributed by atoms with Gasteiger partial charge in [0, 0.05) is 19.6 Å². The summed E-state index contributed by atoms with van der Waals surface area (Å²) in [7, 11) is 0. The molecule has 0 unspecified atom stereocenters. The van der Waals surface area contributed by atoms with Gasteiger partial charge in [0.15, 0.2) is 5.69 Å². The summed E-state index contributed by atoms with van der Waals surface area (Å²) in [6, 6.07) is 3.85. The molecule has 0 saturated carbocycles. The monoisotopic (exact) mass is 426 g/mol. The number of anilines is 2. The molecule has 1 aromatic heterocycles. The molecular weight excluding hydrogens is 401 g/mol. The van der Waals surface area contributed by atoms with E-state index in [1.165, 1.54) is 0 Å². The number of halogens is 4. The molecule has 1 fully saturated rings. The molecule has 2 aliphatic heterocycles. The molecule has 1 aromatic carbocycles. The van der Waals surface area contributed by atoms with Crippen molar-refractivity contribution in [3.63, 3.8) is 0 Å². The van der Waals surface area contributed by atoms with Crippen LogP contribution in [0.1, 0.15) is 48.2 Å². The minimum atomic E-state index is -4.48. The summed E-state index contributed by atoms with van der Waals surface area (Å²) in [6.07, 6.45) is -0.518. The van der Waals surface area contributed by atoms with Crippen LogP contribution in [0, 0.1) is 13.8 Å². The average molecular weight is 427 g/mol. The van der Waals surface area contributed by atoms with Crippen LogP contribution in [0.2, 0.25) is 5.02 Å². The van der Waals surface area contributed by atoms with Crippen molar-refractivity contribution in [1.29, 1.82) is 0 Å². The fraction of sp³-hybridized carbons (Fsp3) is 0.571. The minimum Gasteiger partial charge on any atom is -0.312 e. The molecule has 0 aliphatic carbocycles. The third-order valence-corrected chi connectivity index (χ3v) is 6.10. The first kappa shape index (κ1) is 20.5. The van der Waals surface area contributed by atoms with Crippen LogP contribution in [0.5, 0.6) is 0 Å². The summed E-state index contributed by atoms with van der Waals surface area (Å²) in [5.74, 6) is 0.351. The number of rotatable bonds is 3. The zero-order valence-electron chi connectivity index (χ0n) is 16.8. The van der Waals surface area contributed by atoms with E-state index >= 15 is 0 Å². The fourth-order valence-corrected chi connectivity index (χ4v) is 5.00. The fourth-order valence-electron chi connectivity index (χ4n) is 4.58. The molecule has 0 amide bonds. The summed E-state index contributed by atoms with van der Waals surface area (Å²) in [5, 5.41) is 0.546. The lowest BCUT2D eigenvalue weighted by Gasteiger charge is -2.33. The van der Waals surface area contributed by atoms with Crippen molar-refractivity contribution >= 4 is 23.2 Å². The predicted molar refractivity (Wildman–Crippen MR) is 109 cm³/mol. The number of likely N-dealkylation sites (tertiary alicyclic amines) is 1. The second-order valence-corrected chi connectivity index (χ2v) is 8.52. The molecule has 3 heterocycles. The summed E-state index contributed by atoms with van der Waals surface area (Å²) in [6.45, 7) is 7.00. The maximum absolute atomic E-state index is 13.9. The van der Waals surface area contributed by atoms with Gasteiger partial charge >= 0.3 is 6.18 Å². The quantitative estimate of drug-likeness (QED) is 0.629. The average Bonchev–Trinajstić information content (AvgIpc) is 3.01. The van der Waals surface area contributed by atoms with Crippen LogP contribution in [0.25, 0.3) is 0 Å². The Morgan fingerprint density at radius 2 is 1.72 bits per heavy atom. The predicted octanol–water partition coefficient (Wildman–Crippen LogP) is 5.70. The Morgan fingerprint density at radius 1 is 1.00 bits per heavy atom. The zero-order valence-corrected chi connectivity index (χ0v) is 17.6. The molecule has 4 rings (SSSR count). The van der Waals surface area contributed by atoms with Crippen molar-refractivity contribution < 1.29 is 13.2 Å².